The quantitative estimate of drug-likeness (QED) is 0.269. The van der Waals surface area contributed by atoms with Crippen molar-refractivity contribution in [3.8, 4) is 5.75 Å². The molecule has 0 aliphatic heterocycles. The zero-order chi connectivity index (χ0) is 20.9. The second kappa shape index (κ2) is 13.6. The highest BCUT2D eigenvalue weighted by atomic mass is 16.5. The van der Waals surface area contributed by atoms with E-state index in [0.29, 0.717) is 25.2 Å². The van der Waals surface area contributed by atoms with Crippen LogP contribution in [0.2, 0.25) is 0 Å². The Morgan fingerprint density at radius 3 is 1.89 bits per heavy atom. The Bertz CT molecular complexity index is 546. The first-order valence-corrected chi connectivity index (χ1v) is 11.4. The number of phenols is 1. The normalized spacial score (nSPS) is 11.4. The molecule has 0 saturated carbocycles. The lowest BCUT2D eigenvalue weighted by molar-refractivity contribution is -0.143. The van der Waals surface area contributed by atoms with Gasteiger partial charge in [0.25, 0.3) is 0 Å². The number of esters is 1. The molecule has 1 N–H and O–H groups in total. The molecule has 0 aromatic heterocycles. The van der Waals surface area contributed by atoms with Crippen LogP contribution in [-0.2, 0) is 16.0 Å². The molecule has 1 aromatic carbocycles. The Labute approximate surface area is 172 Å². The molecule has 0 aliphatic rings. The molecule has 0 fully saturated rings. The first-order valence-electron chi connectivity index (χ1n) is 11.4. The minimum atomic E-state index is -0.117. The summed E-state index contributed by atoms with van der Waals surface area (Å²) in [6, 6.07) is 4.08. The molecule has 0 saturated heterocycles. The molecule has 1 aromatic rings. The number of benzene rings is 1. The highest BCUT2D eigenvalue weighted by molar-refractivity contribution is 5.69. The second-order valence-electron chi connectivity index (χ2n) is 8.63. The molecule has 3 heteroatoms. The van der Waals surface area contributed by atoms with Crippen LogP contribution < -0.4 is 0 Å². The van der Waals surface area contributed by atoms with E-state index >= 15 is 0 Å². The molecule has 0 spiro atoms. The van der Waals surface area contributed by atoms with Crippen molar-refractivity contribution in [3.63, 3.8) is 0 Å². The summed E-state index contributed by atoms with van der Waals surface area (Å²) in [5.41, 5.74) is 3.04. The van der Waals surface area contributed by atoms with Gasteiger partial charge in [-0.25, -0.2) is 0 Å². The third-order valence-electron chi connectivity index (χ3n) is 5.35. The topological polar surface area (TPSA) is 46.5 Å². The van der Waals surface area contributed by atoms with Crippen LogP contribution in [0.3, 0.4) is 0 Å². The molecular formula is C25H42O3. The summed E-state index contributed by atoms with van der Waals surface area (Å²) in [6.07, 6.45) is 11.0. The van der Waals surface area contributed by atoms with Gasteiger partial charge in [0, 0.05) is 6.42 Å². The van der Waals surface area contributed by atoms with E-state index in [-0.39, 0.29) is 17.8 Å². The van der Waals surface area contributed by atoms with Gasteiger partial charge in [-0.3, -0.25) is 4.79 Å². The molecule has 0 aliphatic carbocycles. The number of carbonyl (C=O) groups excluding carboxylic acids is 1. The third kappa shape index (κ3) is 9.12. The van der Waals surface area contributed by atoms with Crippen LogP contribution in [0.1, 0.15) is 121 Å². The average molecular weight is 391 g/mol. The largest absolute Gasteiger partial charge is 0.507 e. The zero-order valence-electron chi connectivity index (χ0n) is 18.9. The lowest BCUT2D eigenvalue weighted by Crippen LogP contribution is -2.08. The van der Waals surface area contributed by atoms with Crippen molar-refractivity contribution in [2.45, 2.75) is 111 Å². The summed E-state index contributed by atoms with van der Waals surface area (Å²) in [6.45, 7) is 11.1. The zero-order valence-corrected chi connectivity index (χ0v) is 18.9. The van der Waals surface area contributed by atoms with Crippen molar-refractivity contribution in [2.75, 3.05) is 6.61 Å². The molecule has 0 heterocycles. The minimum Gasteiger partial charge on any atom is -0.507 e. The Balaban J connectivity index is 2.35. The highest BCUT2D eigenvalue weighted by Crippen LogP contribution is 2.35. The SMILES string of the molecule is CCCCCCCCCCOC(=O)CCc1cc(C(C)C)c(O)c(C(C)C)c1. The summed E-state index contributed by atoms with van der Waals surface area (Å²) in [5, 5.41) is 10.5. The maximum absolute atomic E-state index is 12.1. The van der Waals surface area contributed by atoms with Gasteiger partial charge in [0.15, 0.2) is 0 Å². The predicted molar refractivity (Wildman–Crippen MR) is 118 cm³/mol. The smallest absolute Gasteiger partial charge is 0.306 e. The average Bonchev–Trinajstić information content (AvgIpc) is 2.65. The predicted octanol–water partition coefficient (Wildman–Crippen LogP) is 7.26. The molecule has 0 amide bonds. The monoisotopic (exact) mass is 390 g/mol. The Morgan fingerprint density at radius 1 is 0.893 bits per heavy atom. The number of phenolic OH excluding ortho intramolecular Hbond substituents is 1. The van der Waals surface area contributed by atoms with Crippen molar-refractivity contribution in [2.24, 2.45) is 0 Å². The number of hydrogen-bond donors (Lipinski definition) is 1. The minimum absolute atomic E-state index is 0.117. The van der Waals surface area contributed by atoms with Gasteiger partial charge in [-0.15, -0.1) is 0 Å². The molecule has 3 nitrogen and oxygen atoms in total. The van der Waals surface area contributed by atoms with Crippen LogP contribution in [0, 0.1) is 0 Å². The number of aromatic hydroxyl groups is 1. The number of hydrogen-bond acceptors (Lipinski definition) is 3. The molecule has 28 heavy (non-hydrogen) atoms. The molecule has 0 bridgehead atoms. The van der Waals surface area contributed by atoms with Crippen molar-refractivity contribution in [3.05, 3.63) is 28.8 Å². The van der Waals surface area contributed by atoms with Crippen LogP contribution >= 0.6 is 0 Å². The Morgan fingerprint density at radius 2 is 1.39 bits per heavy atom. The van der Waals surface area contributed by atoms with E-state index in [9.17, 15) is 9.90 Å². The van der Waals surface area contributed by atoms with Crippen LogP contribution in [0.5, 0.6) is 5.75 Å². The molecule has 0 radical (unpaired) electrons. The van der Waals surface area contributed by atoms with Gasteiger partial charge in [-0.05, 0) is 41.4 Å². The molecule has 0 unspecified atom stereocenters. The van der Waals surface area contributed by atoms with E-state index in [1.807, 2.05) is 12.1 Å². The Hall–Kier alpha value is -1.51. The Kier molecular flexibility index (Phi) is 11.9. The number of rotatable bonds is 14. The van der Waals surface area contributed by atoms with Crippen molar-refractivity contribution < 1.29 is 14.6 Å². The van der Waals surface area contributed by atoms with Gasteiger partial charge in [-0.2, -0.15) is 0 Å². The molecular weight excluding hydrogens is 348 g/mol. The fourth-order valence-electron chi connectivity index (χ4n) is 3.51. The highest BCUT2D eigenvalue weighted by Gasteiger charge is 2.15. The number of aryl methyl sites for hydroxylation is 1. The van der Waals surface area contributed by atoms with Crippen molar-refractivity contribution in [1.29, 1.82) is 0 Å². The second-order valence-corrected chi connectivity index (χ2v) is 8.63. The molecule has 0 atom stereocenters. The maximum atomic E-state index is 12.1. The first-order chi connectivity index (χ1) is 13.4. The number of carbonyl (C=O) groups is 1. The van der Waals surface area contributed by atoms with Crippen LogP contribution in [-0.4, -0.2) is 17.7 Å². The van der Waals surface area contributed by atoms with E-state index in [1.54, 1.807) is 0 Å². The van der Waals surface area contributed by atoms with Crippen LogP contribution in [0.15, 0.2) is 12.1 Å². The molecule has 1 rings (SSSR count). The van der Waals surface area contributed by atoms with E-state index < -0.39 is 0 Å². The summed E-state index contributed by atoms with van der Waals surface area (Å²) < 4.78 is 5.40. The van der Waals surface area contributed by atoms with E-state index in [4.69, 9.17) is 4.74 Å². The lowest BCUT2D eigenvalue weighted by atomic mass is 9.90. The van der Waals surface area contributed by atoms with Crippen LogP contribution in [0.4, 0.5) is 0 Å². The van der Waals surface area contributed by atoms with E-state index in [1.165, 1.54) is 38.5 Å². The third-order valence-corrected chi connectivity index (χ3v) is 5.35. The van der Waals surface area contributed by atoms with E-state index in [0.717, 1.165) is 29.5 Å². The van der Waals surface area contributed by atoms with E-state index in [2.05, 4.69) is 34.6 Å². The number of ether oxygens (including phenoxy) is 1. The first kappa shape index (κ1) is 24.5. The number of unbranched alkanes of at least 4 members (excludes halogenated alkanes) is 7. The van der Waals surface area contributed by atoms with Gasteiger partial charge in [0.2, 0.25) is 0 Å². The van der Waals surface area contributed by atoms with Gasteiger partial charge in [0.1, 0.15) is 5.75 Å². The van der Waals surface area contributed by atoms with Gasteiger partial charge in [-0.1, -0.05) is 91.7 Å². The maximum Gasteiger partial charge on any atom is 0.306 e. The standard InChI is InChI=1S/C25H42O3/c1-6-7-8-9-10-11-12-13-16-28-24(26)15-14-21-17-22(19(2)3)25(27)23(18-21)20(4)5/h17-20,27H,6-16H2,1-5H3. The van der Waals surface area contributed by atoms with Crippen LogP contribution in [0.25, 0.3) is 0 Å². The summed E-state index contributed by atoms with van der Waals surface area (Å²) in [5.74, 6) is 0.803. The lowest BCUT2D eigenvalue weighted by Gasteiger charge is -2.17. The van der Waals surface area contributed by atoms with Gasteiger partial charge >= 0.3 is 5.97 Å². The van der Waals surface area contributed by atoms with Gasteiger partial charge in [0.05, 0.1) is 6.61 Å². The fourth-order valence-corrected chi connectivity index (χ4v) is 3.51. The summed E-state index contributed by atoms with van der Waals surface area (Å²) in [4.78, 5) is 12.1. The molecule has 160 valence electrons. The fraction of sp³-hybridized carbons (Fsp3) is 0.720. The summed E-state index contributed by atoms with van der Waals surface area (Å²) >= 11 is 0. The summed E-state index contributed by atoms with van der Waals surface area (Å²) in [7, 11) is 0. The van der Waals surface area contributed by atoms with Gasteiger partial charge < -0.3 is 9.84 Å². The van der Waals surface area contributed by atoms with Crippen molar-refractivity contribution >= 4 is 5.97 Å². The van der Waals surface area contributed by atoms with Crippen molar-refractivity contribution in [1.82, 2.24) is 0 Å².